The van der Waals surface area contributed by atoms with Crippen LogP contribution in [0.25, 0.3) is 11.3 Å². The number of ether oxygens (including phenoxy) is 2. The topological polar surface area (TPSA) is 93.3 Å². The Kier molecular flexibility index (Phi) is 6.35. The lowest BCUT2D eigenvalue weighted by molar-refractivity contribution is -0.120. The Balaban J connectivity index is 1.46. The summed E-state index contributed by atoms with van der Waals surface area (Å²) in [6, 6.07) is 11.6. The van der Waals surface area contributed by atoms with Gasteiger partial charge in [0.2, 0.25) is 0 Å². The first-order chi connectivity index (χ1) is 13.2. The van der Waals surface area contributed by atoms with E-state index in [2.05, 4.69) is 20.0 Å². The number of hydrogen-bond acceptors (Lipinski definition) is 6. The van der Waals surface area contributed by atoms with Gasteiger partial charge in [-0.25, -0.2) is 9.78 Å². The maximum atomic E-state index is 12.0. The molecular formula is C19H19N3O4S. The zero-order valence-corrected chi connectivity index (χ0v) is 15.5. The third-order valence-electron chi connectivity index (χ3n) is 3.75. The van der Waals surface area contributed by atoms with Crippen LogP contribution in [-0.4, -0.2) is 42.2 Å². The normalized spacial score (nSPS) is 10.6. The summed E-state index contributed by atoms with van der Waals surface area (Å²) >= 11 is 1.30. The van der Waals surface area contributed by atoms with E-state index in [1.54, 1.807) is 17.6 Å². The molecule has 1 aromatic carbocycles. The summed E-state index contributed by atoms with van der Waals surface area (Å²) in [6.07, 6.45) is 2.42. The number of aromatic amines is 1. The van der Waals surface area contributed by atoms with Gasteiger partial charge < -0.3 is 14.5 Å². The first kappa shape index (κ1) is 18.8. The van der Waals surface area contributed by atoms with Gasteiger partial charge >= 0.3 is 5.97 Å². The van der Waals surface area contributed by atoms with Crippen molar-refractivity contribution in [2.75, 3.05) is 25.6 Å². The second kappa shape index (κ2) is 9.11. The van der Waals surface area contributed by atoms with E-state index in [0.717, 1.165) is 12.0 Å². The van der Waals surface area contributed by atoms with Crippen LogP contribution in [0.4, 0.5) is 5.13 Å². The van der Waals surface area contributed by atoms with Gasteiger partial charge in [0.25, 0.3) is 5.91 Å². The molecule has 27 heavy (non-hydrogen) atoms. The summed E-state index contributed by atoms with van der Waals surface area (Å²) in [6.45, 7) is 0.443. The quantitative estimate of drug-likeness (QED) is 0.459. The van der Waals surface area contributed by atoms with E-state index < -0.39 is 5.97 Å². The lowest BCUT2D eigenvalue weighted by Crippen LogP contribution is -2.19. The fourth-order valence-corrected chi connectivity index (χ4v) is 3.12. The Morgan fingerprint density at radius 2 is 2.07 bits per heavy atom. The number of hydrogen-bond donors (Lipinski definition) is 2. The standard InChI is InChI=1S/C19H19N3O4S/c1-25-18(24)15-9-14(10-20-15)16-12-27-19(21-16)22-17(23)11-26-8-7-13-5-3-2-4-6-13/h2-6,9-10,12,20H,7-8,11H2,1H3,(H,21,22,23). The molecule has 140 valence electrons. The van der Waals surface area contributed by atoms with Gasteiger partial charge in [-0.05, 0) is 18.1 Å². The van der Waals surface area contributed by atoms with Gasteiger partial charge in [-0.3, -0.25) is 10.1 Å². The third-order valence-corrected chi connectivity index (χ3v) is 4.50. The summed E-state index contributed by atoms with van der Waals surface area (Å²) in [7, 11) is 1.32. The van der Waals surface area contributed by atoms with Crippen molar-refractivity contribution >= 4 is 28.3 Å². The second-order valence-corrected chi connectivity index (χ2v) is 6.53. The molecule has 0 radical (unpaired) electrons. The zero-order valence-electron chi connectivity index (χ0n) is 14.7. The van der Waals surface area contributed by atoms with Gasteiger partial charge in [0.1, 0.15) is 12.3 Å². The number of aromatic nitrogens is 2. The number of anilines is 1. The van der Waals surface area contributed by atoms with Crippen molar-refractivity contribution < 1.29 is 19.1 Å². The molecule has 0 aliphatic heterocycles. The largest absolute Gasteiger partial charge is 0.464 e. The second-order valence-electron chi connectivity index (χ2n) is 5.67. The van der Waals surface area contributed by atoms with E-state index >= 15 is 0 Å². The number of nitrogens with zero attached hydrogens (tertiary/aromatic N) is 1. The van der Waals surface area contributed by atoms with Crippen molar-refractivity contribution in [1.82, 2.24) is 9.97 Å². The van der Waals surface area contributed by atoms with Crippen LogP contribution in [-0.2, 0) is 20.7 Å². The maximum absolute atomic E-state index is 12.0. The molecule has 2 N–H and O–H groups in total. The highest BCUT2D eigenvalue weighted by molar-refractivity contribution is 7.14. The van der Waals surface area contributed by atoms with E-state index in [1.165, 1.54) is 24.0 Å². The number of rotatable bonds is 8. The number of benzene rings is 1. The summed E-state index contributed by atoms with van der Waals surface area (Å²) < 4.78 is 10.1. The van der Waals surface area contributed by atoms with Crippen LogP contribution < -0.4 is 5.32 Å². The minimum atomic E-state index is -0.447. The summed E-state index contributed by atoms with van der Waals surface area (Å²) in [4.78, 5) is 30.6. The highest BCUT2D eigenvalue weighted by atomic mass is 32.1. The monoisotopic (exact) mass is 385 g/mol. The first-order valence-corrected chi connectivity index (χ1v) is 9.18. The third kappa shape index (κ3) is 5.25. The Morgan fingerprint density at radius 1 is 1.26 bits per heavy atom. The predicted molar refractivity (Wildman–Crippen MR) is 103 cm³/mol. The number of amides is 1. The highest BCUT2D eigenvalue weighted by Gasteiger charge is 2.12. The van der Waals surface area contributed by atoms with E-state index in [0.29, 0.717) is 23.1 Å². The Morgan fingerprint density at radius 3 is 2.85 bits per heavy atom. The molecule has 7 nitrogen and oxygen atoms in total. The molecule has 2 aromatic heterocycles. The van der Waals surface area contributed by atoms with Crippen molar-refractivity contribution in [1.29, 1.82) is 0 Å². The smallest absolute Gasteiger partial charge is 0.354 e. The van der Waals surface area contributed by atoms with Crippen LogP contribution in [0.1, 0.15) is 16.1 Å². The van der Waals surface area contributed by atoms with Crippen LogP contribution in [0.5, 0.6) is 0 Å². The van der Waals surface area contributed by atoms with Gasteiger partial charge in [-0.1, -0.05) is 30.3 Å². The van der Waals surface area contributed by atoms with Crippen molar-refractivity contribution in [3.63, 3.8) is 0 Å². The van der Waals surface area contributed by atoms with Gasteiger partial charge in [-0.2, -0.15) is 0 Å². The molecule has 0 saturated heterocycles. The molecule has 0 unspecified atom stereocenters. The van der Waals surface area contributed by atoms with Crippen molar-refractivity contribution in [2.45, 2.75) is 6.42 Å². The van der Waals surface area contributed by atoms with Gasteiger partial charge in [0.05, 0.1) is 19.4 Å². The lowest BCUT2D eigenvalue weighted by atomic mass is 10.2. The van der Waals surface area contributed by atoms with E-state index in [4.69, 9.17) is 4.74 Å². The van der Waals surface area contributed by atoms with Crippen LogP contribution in [0.2, 0.25) is 0 Å². The Labute approximate surface area is 160 Å². The van der Waals surface area contributed by atoms with Crippen LogP contribution >= 0.6 is 11.3 Å². The van der Waals surface area contributed by atoms with E-state index in [9.17, 15) is 9.59 Å². The number of carbonyl (C=O) groups excluding carboxylic acids is 2. The molecule has 0 aliphatic rings. The summed E-state index contributed by atoms with van der Waals surface area (Å²) in [5.41, 5.74) is 2.91. The molecule has 8 heteroatoms. The number of methoxy groups -OCH3 is 1. The molecule has 3 aromatic rings. The van der Waals surface area contributed by atoms with Crippen molar-refractivity contribution in [3.8, 4) is 11.3 Å². The molecule has 0 bridgehead atoms. The number of esters is 1. The maximum Gasteiger partial charge on any atom is 0.354 e. The molecule has 3 rings (SSSR count). The molecular weight excluding hydrogens is 366 g/mol. The van der Waals surface area contributed by atoms with Gasteiger partial charge in [-0.15, -0.1) is 11.3 Å². The molecule has 0 aliphatic carbocycles. The summed E-state index contributed by atoms with van der Waals surface area (Å²) in [5, 5.41) is 4.99. The van der Waals surface area contributed by atoms with Gasteiger partial charge in [0.15, 0.2) is 5.13 Å². The molecule has 2 heterocycles. The average Bonchev–Trinajstić information content (AvgIpc) is 3.35. The number of H-pyrrole nitrogens is 1. The van der Waals surface area contributed by atoms with Crippen molar-refractivity contribution in [3.05, 3.63) is 59.2 Å². The lowest BCUT2D eigenvalue weighted by Gasteiger charge is -2.04. The van der Waals surface area contributed by atoms with Crippen LogP contribution in [0.15, 0.2) is 48.0 Å². The molecule has 0 fully saturated rings. The minimum Gasteiger partial charge on any atom is -0.464 e. The predicted octanol–water partition coefficient (Wildman–Crippen LogP) is 3.12. The van der Waals surface area contributed by atoms with E-state index in [-0.39, 0.29) is 12.5 Å². The number of nitrogens with one attached hydrogen (secondary N) is 2. The fraction of sp³-hybridized carbons (Fsp3) is 0.211. The van der Waals surface area contributed by atoms with Gasteiger partial charge in [0, 0.05) is 17.1 Å². The number of carbonyl (C=O) groups is 2. The average molecular weight is 385 g/mol. The van der Waals surface area contributed by atoms with Crippen LogP contribution in [0, 0.1) is 0 Å². The molecule has 0 spiro atoms. The minimum absolute atomic E-state index is 0.0294. The first-order valence-electron chi connectivity index (χ1n) is 8.30. The Bertz CT molecular complexity index is 905. The Hall–Kier alpha value is -2.97. The highest BCUT2D eigenvalue weighted by Crippen LogP contribution is 2.25. The van der Waals surface area contributed by atoms with Crippen LogP contribution in [0.3, 0.4) is 0 Å². The van der Waals surface area contributed by atoms with E-state index in [1.807, 2.05) is 30.3 Å². The fourth-order valence-electron chi connectivity index (χ4n) is 2.39. The SMILES string of the molecule is COC(=O)c1cc(-c2csc(NC(=O)COCCc3ccccc3)n2)c[nH]1. The zero-order chi connectivity index (χ0) is 19.1. The molecule has 1 amide bonds. The summed E-state index contributed by atoms with van der Waals surface area (Å²) in [5.74, 6) is -0.703. The molecule has 0 saturated carbocycles. The molecule has 0 atom stereocenters. The number of thiazole rings is 1. The van der Waals surface area contributed by atoms with Crippen molar-refractivity contribution in [2.24, 2.45) is 0 Å².